The minimum absolute atomic E-state index is 0.197. The summed E-state index contributed by atoms with van der Waals surface area (Å²) in [5.74, 6) is -0.0320. The summed E-state index contributed by atoms with van der Waals surface area (Å²) in [6.07, 6.45) is 3.91. The minimum Gasteiger partial charge on any atom is -0.508 e. The molecule has 0 spiro atoms. The molecule has 4 heteroatoms. The van der Waals surface area contributed by atoms with Crippen LogP contribution >= 0.6 is 0 Å². The zero-order chi connectivity index (χ0) is 13.0. The molecule has 0 atom stereocenters. The highest BCUT2D eigenvalue weighted by molar-refractivity contribution is 5.88. The van der Waals surface area contributed by atoms with E-state index in [1.807, 2.05) is 0 Å². The Bertz CT molecular complexity index is 545. The number of hydrogen-bond acceptors (Lipinski definition) is 3. The molecule has 18 heavy (non-hydrogen) atoms. The molecule has 0 bridgehead atoms. The smallest absolute Gasteiger partial charge is 0.310 e. The summed E-state index contributed by atoms with van der Waals surface area (Å²) < 4.78 is 5.12. The molecule has 0 aliphatic heterocycles. The standard InChI is InChI=1S/C14H17NO3/c1-2-3-6-18-14(17)7-10-9-15-13-5-4-11(16)8-12(10)13/h4-5,8-9,15-16H,2-3,6-7H2,1H3. The fourth-order valence-electron chi connectivity index (χ4n) is 1.85. The molecule has 1 heterocycles. The van der Waals surface area contributed by atoms with Gasteiger partial charge in [-0.25, -0.2) is 0 Å². The first kappa shape index (κ1) is 12.5. The number of carbonyl (C=O) groups is 1. The summed E-state index contributed by atoms with van der Waals surface area (Å²) in [4.78, 5) is 14.7. The number of fused-ring (bicyclic) bond motifs is 1. The molecule has 1 aromatic heterocycles. The fourth-order valence-corrected chi connectivity index (χ4v) is 1.85. The van der Waals surface area contributed by atoms with E-state index in [1.54, 1.807) is 24.4 Å². The van der Waals surface area contributed by atoms with E-state index in [2.05, 4.69) is 11.9 Å². The van der Waals surface area contributed by atoms with Gasteiger partial charge in [-0.2, -0.15) is 0 Å². The molecule has 0 saturated heterocycles. The van der Waals surface area contributed by atoms with Gasteiger partial charge in [0, 0.05) is 17.1 Å². The van der Waals surface area contributed by atoms with Gasteiger partial charge < -0.3 is 14.8 Å². The molecular weight excluding hydrogens is 230 g/mol. The predicted octanol–water partition coefficient (Wildman–Crippen LogP) is 2.76. The molecule has 0 amide bonds. The van der Waals surface area contributed by atoms with Crippen LogP contribution in [0.4, 0.5) is 0 Å². The topological polar surface area (TPSA) is 62.3 Å². The molecule has 0 aliphatic carbocycles. The number of hydrogen-bond donors (Lipinski definition) is 2. The maximum absolute atomic E-state index is 11.6. The zero-order valence-electron chi connectivity index (χ0n) is 10.4. The van der Waals surface area contributed by atoms with Gasteiger partial charge in [-0.05, 0) is 30.2 Å². The van der Waals surface area contributed by atoms with Gasteiger partial charge in [-0.3, -0.25) is 4.79 Å². The monoisotopic (exact) mass is 247 g/mol. The Hall–Kier alpha value is -1.97. The maximum atomic E-state index is 11.6. The molecule has 0 aliphatic rings. The third-order valence-electron chi connectivity index (χ3n) is 2.85. The van der Waals surface area contributed by atoms with Crippen LogP contribution in [0.2, 0.25) is 0 Å². The molecule has 0 saturated carbocycles. The van der Waals surface area contributed by atoms with Gasteiger partial charge >= 0.3 is 5.97 Å². The molecule has 4 nitrogen and oxygen atoms in total. The first-order valence-electron chi connectivity index (χ1n) is 6.15. The second kappa shape index (κ2) is 5.58. The number of carbonyl (C=O) groups excluding carboxylic acids is 1. The van der Waals surface area contributed by atoms with Crippen LogP contribution < -0.4 is 0 Å². The summed E-state index contributed by atoms with van der Waals surface area (Å²) in [6.45, 7) is 2.53. The van der Waals surface area contributed by atoms with Crippen LogP contribution in [-0.2, 0) is 16.0 Å². The van der Waals surface area contributed by atoms with Gasteiger partial charge in [0.15, 0.2) is 0 Å². The van der Waals surface area contributed by atoms with Crippen molar-refractivity contribution < 1.29 is 14.6 Å². The molecule has 0 fully saturated rings. The van der Waals surface area contributed by atoms with Gasteiger partial charge in [0.05, 0.1) is 13.0 Å². The molecule has 2 aromatic rings. The summed E-state index contributed by atoms with van der Waals surface area (Å²) in [6, 6.07) is 5.05. The number of esters is 1. The van der Waals surface area contributed by atoms with Gasteiger partial charge in [0.1, 0.15) is 5.75 Å². The third-order valence-corrected chi connectivity index (χ3v) is 2.85. The summed E-state index contributed by atoms with van der Waals surface area (Å²) >= 11 is 0. The quantitative estimate of drug-likeness (QED) is 0.630. The van der Waals surface area contributed by atoms with Crippen molar-refractivity contribution in [3.63, 3.8) is 0 Å². The number of phenolic OH excluding ortho intramolecular Hbond substituents is 1. The van der Waals surface area contributed by atoms with Crippen LogP contribution in [0.5, 0.6) is 5.75 Å². The minimum atomic E-state index is -0.229. The van der Waals surface area contributed by atoms with Crippen molar-refractivity contribution in [1.29, 1.82) is 0 Å². The van der Waals surface area contributed by atoms with Crippen LogP contribution in [0, 0.1) is 0 Å². The average molecular weight is 247 g/mol. The van der Waals surface area contributed by atoms with E-state index in [0.717, 1.165) is 29.3 Å². The summed E-state index contributed by atoms with van der Waals surface area (Å²) in [5, 5.41) is 10.3. The second-order valence-corrected chi connectivity index (χ2v) is 4.29. The van der Waals surface area contributed by atoms with Crippen LogP contribution in [0.3, 0.4) is 0 Å². The highest BCUT2D eigenvalue weighted by Crippen LogP contribution is 2.23. The number of aromatic nitrogens is 1. The van der Waals surface area contributed by atoms with Crippen molar-refractivity contribution in [3.05, 3.63) is 30.0 Å². The normalized spacial score (nSPS) is 10.7. The van der Waals surface area contributed by atoms with E-state index in [0.29, 0.717) is 6.61 Å². The number of ether oxygens (including phenoxy) is 1. The number of unbranched alkanes of at least 4 members (excludes halogenated alkanes) is 1. The number of aromatic amines is 1. The Labute approximate surface area is 106 Å². The van der Waals surface area contributed by atoms with Crippen molar-refractivity contribution in [2.24, 2.45) is 0 Å². The molecule has 0 radical (unpaired) electrons. The van der Waals surface area contributed by atoms with Crippen LogP contribution in [0.1, 0.15) is 25.3 Å². The Morgan fingerprint density at radius 3 is 3.06 bits per heavy atom. The number of phenols is 1. The number of nitrogens with one attached hydrogen (secondary N) is 1. The largest absolute Gasteiger partial charge is 0.508 e. The lowest BCUT2D eigenvalue weighted by atomic mass is 10.1. The van der Waals surface area contributed by atoms with Gasteiger partial charge in [-0.1, -0.05) is 13.3 Å². The molecule has 2 rings (SSSR count). The third kappa shape index (κ3) is 2.83. The van der Waals surface area contributed by atoms with E-state index in [9.17, 15) is 9.90 Å². The predicted molar refractivity (Wildman–Crippen MR) is 69.5 cm³/mol. The highest BCUT2D eigenvalue weighted by Gasteiger charge is 2.10. The fraction of sp³-hybridized carbons (Fsp3) is 0.357. The van der Waals surface area contributed by atoms with Gasteiger partial charge in [0.25, 0.3) is 0 Å². The van der Waals surface area contributed by atoms with Crippen LogP contribution in [0.25, 0.3) is 10.9 Å². The zero-order valence-corrected chi connectivity index (χ0v) is 10.4. The van der Waals surface area contributed by atoms with Crippen LogP contribution in [0.15, 0.2) is 24.4 Å². The van der Waals surface area contributed by atoms with Crippen molar-refractivity contribution in [2.75, 3.05) is 6.61 Å². The lowest BCUT2D eigenvalue weighted by molar-refractivity contribution is -0.142. The van der Waals surface area contributed by atoms with Crippen molar-refractivity contribution in [2.45, 2.75) is 26.2 Å². The van der Waals surface area contributed by atoms with Gasteiger partial charge in [0.2, 0.25) is 0 Å². The van der Waals surface area contributed by atoms with E-state index < -0.39 is 0 Å². The SMILES string of the molecule is CCCCOC(=O)Cc1c[nH]c2ccc(O)cc12. The Morgan fingerprint density at radius 1 is 1.44 bits per heavy atom. The summed E-state index contributed by atoms with van der Waals surface area (Å²) in [7, 11) is 0. The molecule has 0 unspecified atom stereocenters. The van der Waals surface area contributed by atoms with E-state index in [4.69, 9.17) is 4.74 Å². The average Bonchev–Trinajstić information content (AvgIpc) is 2.72. The van der Waals surface area contributed by atoms with Crippen molar-refractivity contribution >= 4 is 16.9 Å². The molecular formula is C14H17NO3. The maximum Gasteiger partial charge on any atom is 0.310 e. The second-order valence-electron chi connectivity index (χ2n) is 4.29. The Kier molecular flexibility index (Phi) is 3.87. The molecule has 2 N–H and O–H groups in total. The highest BCUT2D eigenvalue weighted by atomic mass is 16.5. The van der Waals surface area contributed by atoms with Crippen LogP contribution in [-0.4, -0.2) is 22.7 Å². The number of benzene rings is 1. The number of aromatic hydroxyl groups is 1. The number of H-pyrrole nitrogens is 1. The van der Waals surface area contributed by atoms with Crippen molar-refractivity contribution in [3.8, 4) is 5.75 Å². The van der Waals surface area contributed by atoms with E-state index in [-0.39, 0.29) is 18.1 Å². The lowest BCUT2D eigenvalue weighted by Gasteiger charge is -2.03. The first-order chi connectivity index (χ1) is 8.70. The Balaban J connectivity index is 2.07. The Morgan fingerprint density at radius 2 is 2.28 bits per heavy atom. The van der Waals surface area contributed by atoms with E-state index >= 15 is 0 Å². The molecule has 96 valence electrons. The lowest BCUT2D eigenvalue weighted by Crippen LogP contribution is -2.08. The number of rotatable bonds is 5. The van der Waals surface area contributed by atoms with Gasteiger partial charge in [-0.15, -0.1) is 0 Å². The molecule has 1 aromatic carbocycles. The summed E-state index contributed by atoms with van der Waals surface area (Å²) in [5.41, 5.74) is 1.76. The van der Waals surface area contributed by atoms with E-state index in [1.165, 1.54) is 0 Å². The first-order valence-corrected chi connectivity index (χ1v) is 6.15. The van der Waals surface area contributed by atoms with Crippen molar-refractivity contribution in [1.82, 2.24) is 4.98 Å².